The van der Waals surface area contributed by atoms with Crippen LogP contribution >= 0.6 is 0 Å². The maximum atomic E-state index is 10.8. The lowest BCUT2D eigenvalue weighted by Gasteiger charge is -2.20. The second-order valence-corrected chi connectivity index (χ2v) is 4.66. The minimum absolute atomic E-state index is 0.0618. The van der Waals surface area contributed by atoms with Gasteiger partial charge in [0.15, 0.2) is 5.82 Å². The average molecular weight is 258 g/mol. The van der Waals surface area contributed by atoms with Gasteiger partial charge in [0.05, 0.1) is 11.6 Å². The van der Waals surface area contributed by atoms with Crippen molar-refractivity contribution >= 4 is 5.97 Å². The number of nitrogens with zero attached hydrogens (tertiary/aromatic N) is 3. The molecule has 6 heteroatoms. The van der Waals surface area contributed by atoms with Crippen LogP contribution in [-0.4, -0.2) is 25.8 Å². The quantitative estimate of drug-likeness (QED) is 0.850. The first-order valence-corrected chi connectivity index (χ1v) is 6.19. The molecular formula is C13H14N4O2. The maximum absolute atomic E-state index is 10.8. The number of carbonyl (C=O) groups is 1. The van der Waals surface area contributed by atoms with Gasteiger partial charge in [0.25, 0.3) is 0 Å². The molecule has 1 aromatic heterocycles. The molecule has 1 aromatic carbocycles. The van der Waals surface area contributed by atoms with Crippen LogP contribution in [0.5, 0.6) is 0 Å². The van der Waals surface area contributed by atoms with E-state index < -0.39 is 5.97 Å². The summed E-state index contributed by atoms with van der Waals surface area (Å²) >= 11 is 0. The topological polar surface area (TPSA) is 94.0 Å². The van der Waals surface area contributed by atoms with Gasteiger partial charge in [-0.1, -0.05) is 12.1 Å². The zero-order valence-electron chi connectivity index (χ0n) is 10.3. The summed E-state index contributed by atoms with van der Waals surface area (Å²) in [6.07, 6.45) is 1.93. The van der Waals surface area contributed by atoms with Crippen molar-refractivity contribution in [3.8, 4) is 11.4 Å². The van der Waals surface area contributed by atoms with Gasteiger partial charge >= 0.3 is 5.97 Å². The highest BCUT2D eigenvalue weighted by atomic mass is 16.4. The van der Waals surface area contributed by atoms with Crippen LogP contribution in [0.2, 0.25) is 0 Å². The Balaban J connectivity index is 2.01. The van der Waals surface area contributed by atoms with Gasteiger partial charge in [-0.05, 0) is 25.0 Å². The van der Waals surface area contributed by atoms with E-state index in [0.29, 0.717) is 0 Å². The van der Waals surface area contributed by atoms with Crippen molar-refractivity contribution in [2.45, 2.75) is 25.4 Å². The summed E-state index contributed by atoms with van der Waals surface area (Å²) in [6, 6.07) is 6.58. The number of rotatable bonds is 2. The molecule has 1 aliphatic rings. The molecule has 0 saturated heterocycles. The van der Waals surface area contributed by atoms with Crippen molar-refractivity contribution in [2.24, 2.45) is 5.73 Å². The molecule has 98 valence electrons. The fourth-order valence-corrected chi connectivity index (χ4v) is 2.38. The molecule has 2 heterocycles. The van der Waals surface area contributed by atoms with Crippen molar-refractivity contribution in [1.82, 2.24) is 14.8 Å². The zero-order chi connectivity index (χ0) is 13.4. The van der Waals surface area contributed by atoms with Crippen molar-refractivity contribution in [2.75, 3.05) is 0 Å². The first-order chi connectivity index (χ1) is 9.16. The summed E-state index contributed by atoms with van der Waals surface area (Å²) in [5.74, 6) is 0.627. The van der Waals surface area contributed by atoms with E-state index in [-0.39, 0.29) is 11.6 Å². The Morgan fingerprint density at radius 2 is 2.05 bits per heavy atom. The van der Waals surface area contributed by atoms with Crippen LogP contribution in [0.25, 0.3) is 11.4 Å². The summed E-state index contributed by atoms with van der Waals surface area (Å²) in [6.45, 7) is 0.853. The standard InChI is InChI=1S/C13H14N4O2/c14-10-2-1-7-17-11(15-16-12(10)17)8-3-5-9(6-4-8)13(18)19/h3-6,10H,1-2,7,14H2,(H,18,19). The van der Waals surface area contributed by atoms with Gasteiger partial charge in [0, 0.05) is 12.1 Å². The Morgan fingerprint density at radius 1 is 1.32 bits per heavy atom. The van der Waals surface area contributed by atoms with E-state index in [0.717, 1.165) is 36.6 Å². The molecule has 1 aliphatic heterocycles. The van der Waals surface area contributed by atoms with Gasteiger partial charge in [-0.15, -0.1) is 10.2 Å². The number of carboxylic acids is 1. The van der Waals surface area contributed by atoms with Crippen molar-refractivity contribution < 1.29 is 9.90 Å². The third kappa shape index (κ3) is 2.00. The summed E-state index contributed by atoms with van der Waals surface area (Å²) in [4.78, 5) is 10.8. The minimum atomic E-state index is -0.933. The average Bonchev–Trinajstić information content (AvgIpc) is 2.84. The lowest BCUT2D eigenvalue weighted by atomic mass is 10.1. The highest BCUT2D eigenvalue weighted by Gasteiger charge is 2.22. The van der Waals surface area contributed by atoms with Crippen LogP contribution in [0.3, 0.4) is 0 Å². The number of hydrogen-bond acceptors (Lipinski definition) is 4. The second kappa shape index (κ2) is 4.47. The number of aromatic nitrogens is 3. The number of nitrogens with two attached hydrogens (primary N) is 1. The fraction of sp³-hybridized carbons (Fsp3) is 0.308. The Kier molecular flexibility index (Phi) is 2.79. The highest BCUT2D eigenvalue weighted by Crippen LogP contribution is 2.27. The van der Waals surface area contributed by atoms with Crippen molar-refractivity contribution in [1.29, 1.82) is 0 Å². The first kappa shape index (κ1) is 11.9. The lowest BCUT2D eigenvalue weighted by molar-refractivity contribution is 0.0697. The Bertz CT molecular complexity index is 618. The smallest absolute Gasteiger partial charge is 0.335 e. The maximum Gasteiger partial charge on any atom is 0.335 e. The molecule has 0 radical (unpaired) electrons. The van der Waals surface area contributed by atoms with Gasteiger partial charge in [-0.2, -0.15) is 0 Å². The highest BCUT2D eigenvalue weighted by molar-refractivity contribution is 5.88. The number of hydrogen-bond donors (Lipinski definition) is 2. The molecule has 0 saturated carbocycles. The number of benzene rings is 1. The van der Waals surface area contributed by atoms with Gasteiger partial charge < -0.3 is 15.4 Å². The second-order valence-electron chi connectivity index (χ2n) is 4.66. The molecule has 1 atom stereocenters. The molecule has 0 bridgehead atoms. The predicted octanol–water partition coefficient (Wildman–Crippen LogP) is 1.44. The molecule has 3 N–H and O–H groups in total. The Labute approximate surface area is 109 Å². The predicted molar refractivity (Wildman–Crippen MR) is 68.6 cm³/mol. The van der Waals surface area contributed by atoms with Crippen molar-refractivity contribution in [3.05, 3.63) is 35.7 Å². The Hall–Kier alpha value is -2.21. The molecule has 3 rings (SSSR count). The summed E-state index contributed by atoms with van der Waals surface area (Å²) in [5, 5.41) is 17.2. The molecular weight excluding hydrogens is 244 g/mol. The largest absolute Gasteiger partial charge is 0.478 e. The van der Waals surface area contributed by atoms with Gasteiger partial charge in [0.1, 0.15) is 5.82 Å². The van der Waals surface area contributed by atoms with E-state index in [1.54, 1.807) is 24.3 Å². The van der Waals surface area contributed by atoms with E-state index in [1.807, 2.05) is 4.57 Å². The molecule has 0 spiro atoms. The monoisotopic (exact) mass is 258 g/mol. The van der Waals surface area contributed by atoms with Crippen LogP contribution in [-0.2, 0) is 6.54 Å². The molecule has 1 unspecified atom stereocenters. The van der Waals surface area contributed by atoms with E-state index in [2.05, 4.69) is 10.2 Å². The SMILES string of the molecule is NC1CCCn2c(-c3ccc(C(=O)O)cc3)nnc21. The van der Waals surface area contributed by atoms with E-state index in [9.17, 15) is 4.79 Å². The molecule has 19 heavy (non-hydrogen) atoms. The van der Waals surface area contributed by atoms with Gasteiger partial charge in [0.2, 0.25) is 0 Å². The van der Waals surface area contributed by atoms with Crippen LogP contribution in [0.15, 0.2) is 24.3 Å². The lowest BCUT2D eigenvalue weighted by Crippen LogP contribution is -2.22. The normalized spacial score (nSPS) is 18.1. The van der Waals surface area contributed by atoms with E-state index >= 15 is 0 Å². The van der Waals surface area contributed by atoms with Crippen LogP contribution in [0, 0.1) is 0 Å². The van der Waals surface area contributed by atoms with Crippen molar-refractivity contribution in [3.63, 3.8) is 0 Å². The number of fused-ring (bicyclic) bond motifs is 1. The van der Waals surface area contributed by atoms with E-state index in [4.69, 9.17) is 10.8 Å². The van der Waals surface area contributed by atoms with Gasteiger partial charge in [-0.25, -0.2) is 4.79 Å². The third-order valence-corrected chi connectivity index (χ3v) is 3.40. The Morgan fingerprint density at radius 3 is 2.74 bits per heavy atom. The molecule has 2 aromatic rings. The van der Waals surface area contributed by atoms with E-state index in [1.165, 1.54) is 0 Å². The van der Waals surface area contributed by atoms with Gasteiger partial charge in [-0.3, -0.25) is 0 Å². The molecule has 6 nitrogen and oxygen atoms in total. The molecule has 0 aliphatic carbocycles. The van der Waals surface area contributed by atoms with Crippen LogP contribution in [0.1, 0.15) is 35.1 Å². The fourth-order valence-electron chi connectivity index (χ4n) is 2.38. The van der Waals surface area contributed by atoms with Crippen LogP contribution in [0.4, 0.5) is 0 Å². The van der Waals surface area contributed by atoms with Crippen LogP contribution < -0.4 is 5.73 Å². The molecule has 0 fully saturated rings. The summed E-state index contributed by atoms with van der Waals surface area (Å²) in [5.41, 5.74) is 7.12. The number of aromatic carboxylic acids is 1. The minimum Gasteiger partial charge on any atom is -0.478 e. The third-order valence-electron chi connectivity index (χ3n) is 3.40. The zero-order valence-corrected chi connectivity index (χ0v) is 10.3. The summed E-state index contributed by atoms with van der Waals surface area (Å²) in [7, 11) is 0. The summed E-state index contributed by atoms with van der Waals surface area (Å²) < 4.78 is 2.02. The molecule has 0 amide bonds. The number of carboxylic acid groups (broad SMARTS) is 1. The first-order valence-electron chi connectivity index (χ1n) is 6.19.